The van der Waals surface area contributed by atoms with E-state index in [0.717, 1.165) is 0 Å². The predicted octanol–water partition coefficient (Wildman–Crippen LogP) is 4.65. The lowest BCUT2D eigenvalue weighted by Crippen LogP contribution is -2.31. The summed E-state index contributed by atoms with van der Waals surface area (Å²) < 4.78 is 74.7. The molecule has 14 heteroatoms. The van der Waals surface area contributed by atoms with Gasteiger partial charge in [0.1, 0.15) is 29.0 Å². The van der Waals surface area contributed by atoms with Gasteiger partial charge in [0.2, 0.25) is 10.0 Å². The summed E-state index contributed by atoms with van der Waals surface area (Å²) >= 11 is 0. The summed E-state index contributed by atoms with van der Waals surface area (Å²) in [7, 11) is -4.26. The number of nitrogens with one attached hydrogen (secondary N) is 1. The molecule has 2 aromatic heterocycles. The van der Waals surface area contributed by atoms with Gasteiger partial charge >= 0.3 is 5.97 Å². The van der Waals surface area contributed by atoms with Crippen molar-refractivity contribution in [3.05, 3.63) is 105 Å². The van der Waals surface area contributed by atoms with Crippen LogP contribution in [0.4, 0.5) is 13.2 Å². The second-order valence-corrected chi connectivity index (χ2v) is 12.2. The van der Waals surface area contributed by atoms with Crippen LogP contribution in [-0.2, 0) is 34.2 Å². The van der Waals surface area contributed by atoms with Gasteiger partial charge in [0.25, 0.3) is 5.56 Å². The Kier molecular flexibility index (Phi) is 8.83. The third kappa shape index (κ3) is 6.81. The first-order chi connectivity index (χ1) is 20.9. The van der Waals surface area contributed by atoms with Crippen LogP contribution in [0.1, 0.15) is 54.7 Å². The van der Waals surface area contributed by atoms with E-state index in [1.54, 1.807) is 6.08 Å². The number of aryl methyl sites for hydroxylation is 1. The first-order valence-electron chi connectivity index (χ1n) is 13.7. The molecule has 1 unspecified atom stereocenters. The number of carboxylic acids is 1. The highest BCUT2D eigenvalue weighted by Gasteiger charge is 2.27. The molecular weight excluding hydrogens is 601 g/mol. The van der Waals surface area contributed by atoms with E-state index in [1.807, 2.05) is 6.92 Å². The highest BCUT2D eigenvalue weighted by Crippen LogP contribution is 2.33. The standard InChI is InChI=1S/C30H27F3N4O6S/c1-17-10-25-26(35-28(4-2-3-5-29(38)39)37(30(25)40)21-8-6-18(31)7-9-21)15-24(17)27-14-22(43-36-27)16-34-44(41,42)23-12-19(32)11-20(33)13-23/h6-9,11-15,17,34H,2-5,10,16H2,1H3,(H,38,39). The maximum absolute atomic E-state index is 13.8. The van der Waals surface area contributed by atoms with E-state index < -0.39 is 38.3 Å². The Labute approximate surface area is 249 Å². The Morgan fingerprint density at radius 2 is 1.77 bits per heavy atom. The summed E-state index contributed by atoms with van der Waals surface area (Å²) in [6.45, 7) is 1.54. The zero-order valence-corrected chi connectivity index (χ0v) is 24.2. The van der Waals surface area contributed by atoms with Crippen molar-refractivity contribution in [2.75, 3.05) is 0 Å². The molecule has 44 heavy (non-hydrogen) atoms. The zero-order chi connectivity index (χ0) is 31.6. The minimum atomic E-state index is -4.26. The molecule has 0 radical (unpaired) electrons. The highest BCUT2D eigenvalue weighted by molar-refractivity contribution is 7.89. The molecule has 0 saturated heterocycles. The zero-order valence-electron chi connectivity index (χ0n) is 23.4. The molecule has 0 spiro atoms. The number of hydrogen-bond acceptors (Lipinski definition) is 7. The first kappa shape index (κ1) is 30.9. The molecule has 0 amide bonds. The minimum Gasteiger partial charge on any atom is -0.481 e. The summed E-state index contributed by atoms with van der Waals surface area (Å²) in [4.78, 5) is 28.9. The van der Waals surface area contributed by atoms with Gasteiger partial charge < -0.3 is 9.63 Å². The van der Waals surface area contributed by atoms with Crippen LogP contribution in [0.3, 0.4) is 0 Å². The molecule has 10 nitrogen and oxygen atoms in total. The number of carboxylic acid groups (broad SMARTS) is 1. The smallest absolute Gasteiger partial charge is 0.303 e. The number of carbonyl (C=O) groups is 1. The molecule has 0 bridgehead atoms. The monoisotopic (exact) mass is 628 g/mol. The quantitative estimate of drug-likeness (QED) is 0.229. The van der Waals surface area contributed by atoms with Crippen LogP contribution >= 0.6 is 0 Å². The van der Waals surface area contributed by atoms with Crippen molar-refractivity contribution in [1.82, 2.24) is 19.4 Å². The largest absolute Gasteiger partial charge is 0.481 e. The lowest BCUT2D eigenvalue weighted by molar-refractivity contribution is -0.137. The fourth-order valence-electron chi connectivity index (χ4n) is 5.01. The lowest BCUT2D eigenvalue weighted by atomic mass is 9.85. The fraction of sp³-hybridized carbons (Fsp3) is 0.267. The van der Waals surface area contributed by atoms with Crippen molar-refractivity contribution in [2.24, 2.45) is 5.92 Å². The van der Waals surface area contributed by atoms with Crippen molar-refractivity contribution >= 4 is 27.6 Å². The minimum absolute atomic E-state index is 0.0307. The summed E-state index contributed by atoms with van der Waals surface area (Å²) in [6.07, 6.45) is 3.11. The number of aromatic nitrogens is 3. The van der Waals surface area contributed by atoms with Crippen LogP contribution < -0.4 is 10.3 Å². The Hall–Kier alpha value is -4.56. The van der Waals surface area contributed by atoms with Gasteiger partial charge in [-0.25, -0.2) is 31.3 Å². The van der Waals surface area contributed by atoms with Crippen LogP contribution in [0.15, 0.2) is 62.7 Å². The SMILES string of the molecule is CC1Cc2c(nc(CCCCC(=O)O)n(-c3ccc(F)cc3)c2=O)C=C1c1cc(CNS(=O)(=O)c2cc(F)cc(F)c2)on1. The van der Waals surface area contributed by atoms with Gasteiger partial charge in [0, 0.05) is 30.5 Å². The van der Waals surface area contributed by atoms with Crippen molar-refractivity contribution in [2.45, 2.75) is 50.5 Å². The molecule has 0 aliphatic heterocycles. The molecule has 2 aromatic carbocycles. The van der Waals surface area contributed by atoms with E-state index in [2.05, 4.69) is 9.88 Å². The Morgan fingerprint density at radius 3 is 2.45 bits per heavy atom. The molecule has 2 heterocycles. The molecule has 230 valence electrons. The Morgan fingerprint density at radius 1 is 1.07 bits per heavy atom. The molecule has 2 N–H and O–H groups in total. The van der Waals surface area contributed by atoms with Gasteiger partial charge in [-0.2, -0.15) is 0 Å². The van der Waals surface area contributed by atoms with Crippen LogP contribution in [-0.4, -0.2) is 34.2 Å². The Balaban J connectivity index is 1.43. The molecule has 1 aliphatic carbocycles. The van der Waals surface area contributed by atoms with Crippen LogP contribution in [0, 0.1) is 23.4 Å². The number of aliphatic carboxylic acids is 1. The number of allylic oxidation sites excluding steroid dienone is 1. The van der Waals surface area contributed by atoms with E-state index in [4.69, 9.17) is 14.6 Å². The summed E-state index contributed by atoms with van der Waals surface area (Å²) in [6, 6.07) is 8.93. The first-order valence-corrected chi connectivity index (χ1v) is 15.2. The third-order valence-electron chi connectivity index (χ3n) is 7.17. The molecule has 0 saturated carbocycles. The van der Waals surface area contributed by atoms with Crippen molar-refractivity contribution in [3.8, 4) is 5.69 Å². The van der Waals surface area contributed by atoms with Crippen molar-refractivity contribution in [1.29, 1.82) is 0 Å². The second kappa shape index (κ2) is 12.6. The molecule has 1 atom stereocenters. The van der Waals surface area contributed by atoms with Gasteiger partial charge in [-0.15, -0.1) is 0 Å². The van der Waals surface area contributed by atoms with Gasteiger partial charge in [0.05, 0.1) is 22.8 Å². The van der Waals surface area contributed by atoms with Gasteiger partial charge in [-0.05, 0) is 73.2 Å². The number of hydrogen-bond donors (Lipinski definition) is 2. The molecule has 1 aliphatic rings. The van der Waals surface area contributed by atoms with Crippen molar-refractivity contribution < 1.29 is 36.0 Å². The number of unbranched alkanes of at least 4 members (excludes halogenated alkanes) is 1. The highest BCUT2D eigenvalue weighted by atomic mass is 32.2. The van der Waals surface area contributed by atoms with E-state index in [1.165, 1.54) is 34.9 Å². The van der Waals surface area contributed by atoms with E-state index in [0.29, 0.717) is 77.9 Å². The number of halogens is 3. The van der Waals surface area contributed by atoms with Gasteiger partial charge in [-0.1, -0.05) is 12.1 Å². The topological polar surface area (TPSA) is 144 Å². The van der Waals surface area contributed by atoms with Crippen LogP contribution in [0.25, 0.3) is 17.3 Å². The van der Waals surface area contributed by atoms with Crippen LogP contribution in [0.5, 0.6) is 0 Å². The van der Waals surface area contributed by atoms with E-state index >= 15 is 0 Å². The molecular formula is C30H27F3N4O6S. The second-order valence-electron chi connectivity index (χ2n) is 10.4. The number of benzene rings is 2. The normalized spacial score (nSPS) is 14.7. The van der Waals surface area contributed by atoms with Gasteiger partial charge in [-0.3, -0.25) is 14.2 Å². The number of rotatable bonds is 11. The average molecular weight is 629 g/mol. The predicted molar refractivity (Wildman–Crippen MR) is 153 cm³/mol. The summed E-state index contributed by atoms with van der Waals surface area (Å²) in [5.41, 5.74) is 2.05. The molecule has 4 aromatic rings. The van der Waals surface area contributed by atoms with E-state index in [-0.39, 0.29) is 30.2 Å². The number of fused-ring (bicyclic) bond motifs is 1. The Bertz CT molecular complexity index is 1900. The number of sulfonamides is 1. The summed E-state index contributed by atoms with van der Waals surface area (Å²) in [5.74, 6) is -3.15. The molecule has 5 rings (SSSR count). The average Bonchev–Trinajstić information content (AvgIpc) is 3.44. The summed E-state index contributed by atoms with van der Waals surface area (Å²) in [5, 5.41) is 13.1. The fourth-order valence-corrected chi connectivity index (χ4v) is 6.05. The maximum Gasteiger partial charge on any atom is 0.303 e. The number of nitrogens with zero attached hydrogens (tertiary/aromatic N) is 3. The molecule has 0 fully saturated rings. The maximum atomic E-state index is 13.8. The van der Waals surface area contributed by atoms with E-state index in [9.17, 15) is 31.2 Å². The van der Waals surface area contributed by atoms with Crippen LogP contribution in [0.2, 0.25) is 0 Å². The van der Waals surface area contributed by atoms with Crippen molar-refractivity contribution in [3.63, 3.8) is 0 Å². The lowest BCUT2D eigenvalue weighted by Gasteiger charge is -2.23. The van der Waals surface area contributed by atoms with Gasteiger partial charge in [0.15, 0.2) is 5.76 Å². The third-order valence-corrected chi connectivity index (χ3v) is 8.56.